The predicted molar refractivity (Wildman–Crippen MR) is 135 cm³/mol. The quantitative estimate of drug-likeness (QED) is 0.178. The Bertz CT molecular complexity index is 196. The summed E-state index contributed by atoms with van der Waals surface area (Å²) in [7, 11) is 21.5. The third-order valence-corrected chi connectivity index (χ3v) is 82.4. The SMILES string of the molecule is [3H]N(I)P(P(PP)P(P)P)P(P(P)P)P(P)P. The van der Waals surface area contributed by atoms with E-state index in [4.69, 9.17) is 1.41 Å². The van der Waals surface area contributed by atoms with Crippen LogP contribution in [-0.2, 0) is 0 Å². The molecule has 0 radical (unpaired) electrons. The van der Waals surface area contributed by atoms with Crippen LogP contribution in [0.25, 0.3) is 0 Å². The van der Waals surface area contributed by atoms with Crippen molar-refractivity contribution in [3.05, 3.63) is 0 Å². The van der Waals surface area contributed by atoms with Crippen molar-refractivity contribution in [1.82, 2.24) is 3.29 Å². The Labute approximate surface area is 139 Å². The molecule has 0 aromatic heterocycles. The van der Waals surface area contributed by atoms with Gasteiger partial charge in [0, 0.05) is 37.3 Å². The number of halogens is 1. The monoisotopic (exact) mass is 593 g/mol. The van der Waals surface area contributed by atoms with E-state index in [1.54, 1.807) is 3.29 Å². The molecule has 1 nitrogen and oxygen atoms in total. The lowest BCUT2D eigenvalue weighted by atomic mass is 13.9. The Morgan fingerprint density at radius 2 is 1.44 bits per heavy atom. The van der Waals surface area contributed by atoms with Gasteiger partial charge in [-0.25, -0.2) is 3.29 Å². The van der Waals surface area contributed by atoms with E-state index in [1.165, 1.54) is 0 Å². The highest BCUT2D eigenvalue weighted by Crippen LogP contribution is 3.18. The molecule has 0 aliphatic rings. The Hall–Kier alpha value is 6.71. The zero-order valence-corrected chi connectivity index (χ0v) is 24.7. The maximum absolute atomic E-state index is 8.13. The van der Waals surface area contributed by atoms with Crippen molar-refractivity contribution in [3.8, 4) is 0 Å². The lowest BCUT2D eigenvalue weighted by Crippen LogP contribution is -1.79. The van der Waals surface area contributed by atoms with Gasteiger partial charge in [-0.3, -0.25) is 0 Å². The van der Waals surface area contributed by atoms with Crippen molar-refractivity contribution in [2.45, 2.75) is 0 Å². The van der Waals surface area contributed by atoms with E-state index in [0.717, 1.165) is 7.96 Å². The topological polar surface area (TPSA) is 12.0 Å². The van der Waals surface area contributed by atoms with Gasteiger partial charge in [-0.15, -0.1) is 62.5 Å². The van der Waals surface area contributed by atoms with Crippen LogP contribution in [-0.4, -0.2) is 0 Å². The summed E-state index contributed by atoms with van der Waals surface area (Å²) in [6.07, 6.45) is 0. The van der Waals surface area contributed by atoms with Gasteiger partial charge in [0.25, 0.3) is 0 Å². The molecular weight excluding hydrogens is 575 g/mol. The van der Waals surface area contributed by atoms with Gasteiger partial charge in [0.2, 0.25) is 0 Å². The van der Waals surface area contributed by atoms with Crippen LogP contribution in [0.1, 0.15) is 0 Å². The second-order valence-corrected chi connectivity index (χ2v) is 54.9. The molecule has 16 heteroatoms. The minimum atomic E-state index is -0.296. The summed E-state index contributed by atoms with van der Waals surface area (Å²) in [6.45, 7) is -0.350. The Morgan fingerprint density at radius 3 is 1.62 bits per heavy atom. The van der Waals surface area contributed by atoms with E-state index < -0.39 is 0 Å². The zero-order valence-electron chi connectivity index (χ0n) is 9.05. The average molecular weight is 593 g/mol. The molecule has 0 amide bonds. The van der Waals surface area contributed by atoms with Crippen LogP contribution in [0.5, 0.6) is 0 Å². The molecule has 0 heterocycles. The summed E-state index contributed by atoms with van der Waals surface area (Å²) in [6, 6.07) is 0. The van der Waals surface area contributed by atoms with Crippen molar-refractivity contribution in [1.29, 1.82) is 0 Å². The molecule has 0 aromatic carbocycles. The molecule has 0 saturated heterocycles. The molecule has 0 fully saturated rings. The summed E-state index contributed by atoms with van der Waals surface area (Å²) in [5.41, 5.74) is 0. The Balaban J connectivity index is 5.16. The van der Waals surface area contributed by atoms with Gasteiger partial charge in [-0.05, 0) is 27.9 Å². The van der Waals surface area contributed by atoms with E-state index in [-0.39, 0.29) is 42.4 Å². The maximum atomic E-state index is 8.13. The zero-order chi connectivity index (χ0) is 13.7. The molecule has 0 aromatic rings. The van der Waals surface area contributed by atoms with E-state index in [1.807, 2.05) is 0 Å². The second-order valence-electron chi connectivity index (χ2n) is 2.17. The van der Waals surface area contributed by atoms with Gasteiger partial charge < -0.3 is 0 Å². The lowest BCUT2D eigenvalue weighted by Gasteiger charge is -2.38. The first kappa shape index (κ1) is 20.8. The van der Waals surface area contributed by atoms with E-state index >= 15 is 0 Å². The van der Waals surface area contributed by atoms with E-state index in [9.17, 15) is 0 Å². The average Bonchev–Trinajstić information content (AvgIpc) is 2.15. The summed E-state index contributed by atoms with van der Waals surface area (Å²) in [4.78, 5) is 0. The summed E-state index contributed by atoms with van der Waals surface area (Å²) >= 11 is 2.19. The van der Waals surface area contributed by atoms with Crippen molar-refractivity contribution in [3.63, 3.8) is 0 Å². The second kappa shape index (κ2) is 13.1. The third-order valence-electron chi connectivity index (χ3n) is 1.14. The molecule has 1 N–H and O–H groups in total. The molecule has 0 bridgehead atoms. The summed E-state index contributed by atoms with van der Waals surface area (Å²) in [5, 5.41) is 0. The van der Waals surface area contributed by atoms with E-state index in [0.29, 0.717) is 0 Å². The van der Waals surface area contributed by atoms with Crippen LogP contribution in [0, 0.1) is 0 Å². The number of hydrogen-bond donors (Lipinski definition) is 1. The molecule has 10 atom stereocenters. The van der Waals surface area contributed by atoms with Gasteiger partial charge in [-0.1, -0.05) is 7.96 Å². The number of nitrogens with one attached hydrogen (secondary N) is 1. The van der Waals surface area contributed by atoms with Gasteiger partial charge in [0.1, 0.15) is 1.41 Å². The highest BCUT2D eigenvalue weighted by atomic mass is 127. The highest BCUT2D eigenvalue weighted by Gasteiger charge is 2.34. The lowest BCUT2D eigenvalue weighted by molar-refractivity contribution is 1.87. The van der Waals surface area contributed by atoms with Gasteiger partial charge in [-0.2, -0.15) is 0 Å². The predicted octanol–water partition coefficient (Wildman–Crippen LogP) is 8.43. The van der Waals surface area contributed by atoms with Crippen molar-refractivity contribution in [2.24, 2.45) is 0 Å². The fourth-order valence-electron chi connectivity index (χ4n) is 0.653. The Morgan fingerprint density at radius 1 is 1.00 bits per heavy atom. The molecule has 10 unspecified atom stereocenters. The standard InChI is InChI=1S/H16INP14/c1-2-11(15(10-3)12(4)5)16(13(6)7)14(8)9/h2,10H,3-9H2/i/hT. The summed E-state index contributed by atoms with van der Waals surface area (Å²) in [5.74, 6) is 0. The normalized spacial score (nSPS) is 18.4. The summed E-state index contributed by atoms with van der Waals surface area (Å²) < 4.78 is 9.91. The van der Waals surface area contributed by atoms with E-state index in [2.05, 4.69) is 85.4 Å². The molecule has 0 aliphatic carbocycles. The van der Waals surface area contributed by atoms with Crippen LogP contribution < -0.4 is 3.29 Å². The molecule has 0 rings (SSSR count). The van der Waals surface area contributed by atoms with Gasteiger partial charge in [0.05, 0.1) is 0 Å². The molecule has 0 saturated carbocycles. The Kier molecular flexibility index (Phi) is 16.9. The third kappa shape index (κ3) is 8.53. The first-order valence-electron chi connectivity index (χ1n) is 3.88. The van der Waals surface area contributed by atoms with Gasteiger partial charge in [0.15, 0.2) is 0 Å². The molecule has 98 valence electrons. The molecule has 0 spiro atoms. The van der Waals surface area contributed by atoms with Crippen LogP contribution in [0.2, 0.25) is 1.41 Å². The largest absolute Gasteiger partial charge is 0.230 e. The first-order chi connectivity index (χ1) is 7.73. The molecular formula is H16INP14. The number of rotatable bonds is 7. The molecule has 16 heavy (non-hydrogen) atoms. The highest BCUT2D eigenvalue weighted by molar-refractivity contribution is 14.1. The first-order valence-corrected chi connectivity index (χ1v) is 29.3. The minimum absolute atomic E-state index is 0.0395. The fraction of sp³-hybridized carbons (Fsp3) is 0. The van der Waals surface area contributed by atoms with Crippen LogP contribution in [0.15, 0.2) is 0 Å². The van der Waals surface area contributed by atoms with Crippen LogP contribution in [0.3, 0.4) is 0 Å². The van der Waals surface area contributed by atoms with Gasteiger partial charge >= 0.3 is 0 Å². The van der Waals surface area contributed by atoms with Crippen molar-refractivity contribution >= 4 is 136 Å². The fourth-order valence-corrected chi connectivity index (χ4v) is 128. The van der Waals surface area contributed by atoms with Crippen molar-refractivity contribution in [2.75, 3.05) is 0 Å². The van der Waals surface area contributed by atoms with Crippen LogP contribution in [0.4, 0.5) is 0 Å². The number of hydrogen-bond acceptors (Lipinski definition) is 1. The smallest absolute Gasteiger partial charge is 0.140 e. The minimum Gasteiger partial charge on any atom is -0.230 e. The van der Waals surface area contributed by atoms with Crippen LogP contribution >= 0.6 is 136 Å². The van der Waals surface area contributed by atoms with Crippen molar-refractivity contribution < 1.29 is 1.41 Å². The maximum Gasteiger partial charge on any atom is 0.140 e. The molecule has 0 aliphatic heterocycles.